The zero-order chi connectivity index (χ0) is 9.94. The van der Waals surface area contributed by atoms with Crippen LogP contribution in [0.2, 0.25) is 0 Å². The van der Waals surface area contributed by atoms with Crippen LogP contribution >= 0.6 is 11.8 Å². The Morgan fingerprint density at radius 1 is 1.38 bits per heavy atom. The lowest BCUT2D eigenvalue weighted by Crippen LogP contribution is -2.31. The summed E-state index contributed by atoms with van der Waals surface area (Å²) < 4.78 is 5.43. The molecule has 0 fully saturated rings. The Morgan fingerprint density at radius 2 is 2.15 bits per heavy atom. The maximum Gasteiger partial charge on any atom is 0.0591 e. The van der Waals surface area contributed by atoms with Gasteiger partial charge < -0.3 is 10.1 Å². The fourth-order valence-corrected chi connectivity index (χ4v) is 1.65. The highest BCUT2D eigenvalue weighted by Crippen LogP contribution is 1.95. The summed E-state index contributed by atoms with van der Waals surface area (Å²) in [4.78, 5) is 0. The lowest BCUT2D eigenvalue weighted by atomic mass is 10.4. The summed E-state index contributed by atoms with van der Waals surface area (Å²) in [6, 6.07) is 0.602. The Morgan fingerprint density at radius 3 is 2.77 bits per heavy atom. The summed E-state index contributed by atoms with van der Waals surface area (Å²) in [6.07, 6.45) is 4.53. The van der Waals surface area contributed by atoms with Crippen molar-refractivity contribution in [1.29, 1.82) is 0 Å². The van der Waals surface area contributed by atoms with Gasteiger partial charge in [-0.25, -0.2) is 0 Å². The lowest BCUT2D eigenvalue weighted by Gasteiger charge is -2.12. The minimum Gasteiger partial charge on any atom is -0.380 e. The van der Waals surface area contributed by atoms with Gasteiger partial charge >= 0.3 is 0 Å². The SMILES string of the molecule is CCCCOCCNC(C)CSC. The molecule has 3 heteroatoms. The van der Waals surface area contributed by atoms with E-state index in [2.05, 4.69) is 25.4 Å². The Balaban J connectivity index is 2.97. The number of unbranched alkanes of at least 4 members (excludes halogenated alkanes) is 1. The van der Waals surface area contributed by atoms with Gasteiger partial charge in [0.15, 0.2) is 0 Å². The van der Waals surface area contributed by atoms with Gasteiger partial charge in [0.2, 0.25) is 0 Å². The van der Waals surface area contributed by atoms with Crippen LogP contribution in [0.3, 0.4) is 0 Å². The lowest BCUT2D eigenvalue weighted by molar-refractivity contribution is 0.132. The third-order valence-corrected chi connectivity index (χ3v) is 2.63. The van der Waals surface area contributed by atoms with Crippen LogP contribution in [-0.4, -0.2) is 37.8 Å². The first-order valence-electron chi connectivity index (χ1n) is 5.11. The fraction of sp³-hybridized carbons (Fsp3) is 1.00. The van der Waals surface area contributed by atoms with E-state index in [1.54, 1.807) is 0 Å². The van der Waals surface area contributed by atoms with Crippen molar-refractivity contribution in [2.75, 3.05) is 31.8 Å². The summed E-state index contributed by atoms with van der Waals surface area (Å²) in [5, 5.41) is 3.41. The molecule has 0 spiro atoms. The van der Waals surface area contributed by atoms with Gasteiger partial charge in [-0.05, 0) is 19.6 Å². The summed E-state index contributed by atoms with van der Waals surface area (Å²) in [5.74, 6) is 1.18. The van der Waals surface area contributed by atoms with E-state index in [0.29, 0.717) is 6.04 Å². The molecule has 1 unspecified atom stereocenters. The van der Waals surface area contributed by atoms with E-state index in [1.165, 1.54) is 18.6 Å². The molecule has 0 aromatic carbocycles. The molecule has 80 valence electrons. The Labute approximate surface area is 86.8 Å². The van der Waals surface area contributed by atoms with Crippen molar-refractivity contribution in [3.05, 3.63) is 0 Å². The predicted molar refractivity (Wildman–Crippen MR) is 61.6 cm³/mol. The smallest absolute Gasteiger partial charge is 0.0591 e. The third kappa shape index (κ3) is 10.2. The second-order valence-corrected chi connectivity index (χ2v) is 4.19. The highest BCUT2D eigenvalue weighted by molar-refractivity contribution is 7.98. The topological polar surface area (TPSA) is 21.3 Å². The second-order valence-electron chi connectivity index (χ2n) is 3.28. The Bertz CT molecular complexity index is 101. The van der Waals surface area contributed by atoms with Crippen molar-refractivity contribution in [1.82, 2.24) is 5.32 Å². The van der Waals surface area contributed by atoms with E-state index in [1.807, 2.05) is 11.8 Å². The van der Waals surface area contributed by atoms with Crippen LogP contribution in [0.25, 0.3) is 0 Å². The molecule has 0 saturated heterocycles. The quantitative estimate of drug-likeness (QED) is 0.583. The molecular weight excluding hydrogens is 182 g/mol. The van der Waals surface area contributed by atoms with E-state index < -0.39 is 0 Å². The zero-order valence-electron chi connectivity index (χ0n) is 9.14. The normalized spacial score (nSPS) is 13.2. The van der Waals surface area contributed by atoms with E-state index in [0.717, 1.165) is 19.8 Å². The molecule has 0 heterocycles. The van der Waals surface area contributed by atoms with E-state index in [9.17, 15) is 0 Å². The molecule has 0 rings (SSSR count). The van der Waals surface area contributed by atoms with Crippen LogP contribution in [0.1, 0.15) is 26.7 Å². The van der Waals surface area contributed by atoms with Crippen LogP contribution in [0.4, 0.5) is 0 Å². The first kappa shape index (κ1) is 13.3. The molecule has 0 aromatic rings. The molecule has 0 bridgehead atoms. The van der Waals surface area contributed by atoms with Crippen LogP contribution in [-0.2, 0) is 4.74 Å². The van der Waals surface area contributed by atoms with Crippen molar-refractivity contribution in [3.8, 4) is 0 Å². The van der Waals surface area contributed by atoms with Crippen molar-refractivity contribution in [2.45, 2.75) is 32.7 Å². The van der Waals surface area contributed by atoms with Gasteiger partial charge in [-0.15, -0.1) is 0 Å². The van der Waals surface area contributed by atoms with Crippen molar-refractivity contribution in [3.63, 3.8) is 0 Å². The van der Waals surface area contributed by atoms with Gasteiger partial charge in [-0.2, -0.15) is 11.8 Å². The van der Waals surface area contributed by atoms with Crippen molar-refractivity contribution < 1.29 is 4.74 Å². The minimum absolute atomic E-state index is 0.602. The first-order valence-corrected chi connectivity index (χ1v) is 6.50. The summed E-state index contributed by atoms with van der Waals surface area (Å²) in [5.41, 5.74) is 0. The van der Waals surface area contributed by atoms with Crippen LogP contribution in [0, 0.1) is 0 Å². The van der Waals surface area contributed by atoms with Gasteiger partial charge in [0, 0.05) is 24.9 Å². The molecule has 2 nitrogen and oxygen atoms in total. The molecule has 0 amide bonds. The average Bonchev–Trinajstić information content (AvgIpc) is 2.11. The number of hydrogen-bond donors (Lipinski definition) is 1. The molecule has 1 N–H and O–H groups in total. The van der Waals surface area contributed by atoms with Gasteiger partial charge in [-0.1, -0.05) is 13.3 Å². The largest absolute Gasteiger partial charge is 0.380 e. The Kier molecular flexibility index (Phi) is 10.6. The molecule has 0 aromatic heterocycles. The highest BCUT2D eigenvalue weighted by Gasteiger charge is 1.97. The van der Waals surface area contributed by atoms with Gasteiger partial charge in [0.25, 0.3) is 0 Å². The molecule has 0 aliphatic rings. The maximum absolute atomic E-state index is 5.43. The van der Waals surface area contributed by atoms with Gasteiger partial charge in [0.05, 0.1) is 6.61 Å². The second kappa shape index (κ2) is 10.4. The van der Waals surface area contributed by atoms with Crippen LogP contribution in [0.5, 0.6) is 0 Å². The van der Waals surface area contributed by atoms with Gasteiger partial charge in [-0.3, -0.25) is 0 Å². The van der Waals surface area contributed by atoms with E-state index in [4.69, 9.17) is 4.74 Å². The summed E-state index contributed by atoms with van der Waals surface area (Å²) in [6.45, 7) is 7.13. The maximum atomic E-state index is 5.43. The standard InChI is InChI=1S/C10H23NOS/c1-4-5-7-12-8-6-11-10(2)9-13-3/h10-11H,4-9H2,1-3H3. The summed E-state index contributed by atoms with van der Waals surface area (Å²) in [7, 11) is 0. The number of nitrogens with one attached hydrogen (secondary N) is 1. The molecule has 0 aliphatic heterocycles. The fourth-order valence-electron chi connectivity index (χ4n) is 1.03. The van der Waals surface area contributed by atoms with Crippen molar-refractivity contribution >= 4 is 11.8 Å². The number of rotatable bonds is 9. The Hall–Kier alpha value is 0.270. The number of hydrogen-bond acceptors (Lipinski definition) is 3. The molecule has 0 saturated carbocycles. The average molecular weight is 205 g/mol. The van der Waals surface area contributed by atoms with Crippen molar-refractivity contribution in [2.24, 2.45) is 0 Å². The number of thioether (sulfide) groups is 1. The molecule has 1 atom stereocenters. The number of ether oxygens (including phenoxy) is 1. The zero-order valence-corrected chi connectivity index (χ0v) is 9.95. The van der Waals surface area contributed by atoms with Gasteiger partial charge in [0.1, 0.15) is 0 Å². The van der Waals surface area contributed by atoms with Crippen LogP contribution < -0.4 is 5.32 Å². The van der Waals surface area contributed by atoms with E-state index in [-0.39, 0.29) is 0 Å². The van der Waals surface area contributed by atoms with Crippen LogP contribution in [0.15, 0.2) is 0 Å². The molecule has 0 aliphatic carbocycles. The van der Waals surface area contributed by atoms with E-state index >= 15 is 0 Å². The first-order chi connectivity index (χ1) is 6.31. The monoisotopic (exact) mass is 205 g/mol. The third-order valence-electron chi connectivity index (χ3n) is 1.80. The predicted octanol–water partition coefficient (Wildman–Crippen LogP) is 2.14. The molecule has 13 heavy (non-hydrogen) atoms. The molecule has 0 radical (unpaired) electrons. The summed E-state index contributed by atoms with van der Waals surface area (Å²) >= 11 is 1.88. The highest BCUT2D eigenvalue weighted by atomic mass is 32.2. The molecular formula is C10H23NOS. The minimum atomic E-state index is 0.602.